The molecule has 0 heterocycles. The second-order valence-corrected chi connectivity index (χ2v) is 9.76. The number of aliphatic carboxylic acids is 1. The van der Waals surface area contributed by atoms with Crippen LogP contribution in [0.4, 0.5) is 0 Å². The van der Waals surface area contributed by atoms with Crippen LogP contribution < -0.4 is 0 Å². The Morgan fingerprint density at radius 3 is 1.68 bits per heavy atom. The molecule has 6 nitrogen and oxygen atoms in total. The standard InChI is InChI=1S/C25H47NO5/c1-5-6-7-8-9-10-11-12-13-14-15-16-17-18-22(27)19-25(30)31-23(20-24(28)29)21-26(2,3)4/h19,23H,5-18,20-21H2,1-4H3,(H-,27,28,29,30)/p+1. The van der Waals surface area contributed by atoms with Crippen molar-refractivity contribution in [3.63, 3.8) is 0 Å². The minimum absolute atomic E-state index is 0.00685. The maximum absolute atomic E-state index is 12.0. The van der Waals surface area contributed by atoms with Crippen LogP contribution >= 0.6 is 0 Å². The lowest BCUT2D eigenvalue weighted by Gasteiger charge is -2.28. The van der Waals surface area contributed by atoms with Crippen molar-refractivity contribution < 1.29 is 29.0 Å². The third kappa shape index (κ3) is 21.5. The van der Waals surface area contributed by atoms with E-state index in [1.807, 2.05) is 21.1 Å². The van der Waals surface area contributed by atoms with E-state index in [4.69, 9.17) is 9.84 Å². The van der Waals surface area contributed by atoms with Crippen LogP contribution in [0.15, 0.2) is 11.8 Å². The fourth-order valence-electron chi connectivity index (χ4n) is 3.68. The highest BCUT2D eigenvalue weighted by molar-refractivity contribution is 5.82. The average molecular weight is 443 g/mol. The summed E-state index contributed by atoms with van der Waals surface area (Å²) in [5, 5.41) is 19.0. The summed E-state index contributed by atoms with van der Waals surface area (Å²) >= 11 is 0. The maximum atomic E-state index is 12.0. The quantitative estimate of drug-likeness (QED) is 0.0794. The summed E-state index contributed by atoms with van der Waals surface area (Å²) in [7, 11) is 5.72. The first kappa shape index (κ1) is 29.4. The number of hydrogen-bond donors (Lipinski definition) is 2. The molecule has 0 radical (unpaired) electrons. The van der Waals surface area contributed by atoms with Crippen molar-refractivity contribution in [2.45, 2.75) is 109 Å². The number of carboxylic acid groups (broad SMARTS) is 1. The summed E-state index contributed by atoms with van der Waals surface area (Å²) in [6.45, 7) is 2.64. The van der Waals surface area contributed by atoms with Crippen molar-refractivity contribution in [3.8, 4) is 0 Å². The molecule has 0 spiro atoms. The van der Waals surface area contributed by atoms with Gasteiger partial charge >= 0.3 is 11.9 Å². The third-order valence-corrected chi connectivity index (χ3v) is 5.26. The highest BCUT2D eigenvalue weighted by atomic mass is 16.5. The number of hydrogen-bond acceptors (Lipinski definition) is 4. The summed E-state index contributed by atoms with van der Waals surface area (Å²) in [5.41, 5.74) is 0. The topological polar surface area (TPSA) is 83.8 Å². The van der Waals surface area contributed by atoms with E-state index in [2.05, 4.69) is 6.92 Å². The van der Waals surface area contributed by atoms with Crippen molar-refractivity contribution in [1.29, 1.82) is 0 Å². The predicted molar refractivity (Wildman–Crippen MR) is 126 cm³/mol. The Labute approximate surface area is 190 Å². The number of likely N-dealkylation sites (N-methyl/N-ethyl adjacent to an activating group) is 1. The summed E-state index contributed by atoms with van der Waals surface area (Å²) < 4.78 is 5.74. The minimum atomic E-state index is -1.01. The molecule has 0 aliphatic heterocycles. The first-order valence-corrected chi connectivity index (χ1v) is 12.3. The zero-order chi connectivity index (χ0) is 23.5. The van der Waals surface area contributed by atoms with Gasteiger partial charge in [-0.25, -0.2) is 4.79 Å². The Morgan fingerprint density at radius 2 is 1.26 bits per heavy atom. The van der Waals surface area contributed by atoms with E-state index in [1.54, 1.807) is 0 Å². The van der Waals surface area contributed by atoms with Gasteiger partial charge in [0.1, 0.15) is 6.54 Å². The number of aliphatic hydroxyl groups is 1. The average Bonchev–Trinajstić information content (AvgIpc) is 2.63. The van der Waals surface area contributed by atoms with Gasteiger partial charge in [-0.05, 0) is 6.42 Å². The van der Waals surface area contributed by atoms with Crippen LogP contribution in [0, 0.1) is 0 Å². The molecule has 6 heteroatoms. The number of quaternary nitrogens is 1. The number of allylic oxidation sites excluding steroid dienone is 1. The van der Waals surface area contributed by atoms with E-state index < -0.39 is 18.0 Å². The lowest BCUT2D eigenvalue weighted by molar-refractivity contribution is -0.873. The van der Waals surface area contributed by atoms with Gasteiger partial charge in [0.15, 0.2) is 6.10 Å². The zero-order valence-electron chi connectivity index (χ0n) is 20.5. The molecule has 182 valence electrons. The first-order valence-electron chi connectivity index (χ1n) is 12.3. The molecular formula is C25H48NO5+. The highest BCUT2D eigenvalue weighted by Crippen LogP contribution is 2.14. The number of esters is 1. The predicted octanol–water partition coefficient (Wildman–Crippen LogP) is 6.00. The number of aliphatic hydroxyl groups excluding tert-OH is 1. The number of nitrogens with zero attached hydrogens (tertiary/aromatic N) is 1. The third-order valence-electron chi connectivity index (χ3n) is 5.26. The molecule has 0 aromatic rings. The van der Waals surface area contributed by atoms with E-state index in [0.29, 0.717) is 17.4 Å². The van der Waals surface area contributed by atoms with Gasteiger partial charge in [0, 0.05) is 6.42 Å². The second-order valence-electron chi connectivity index (χ2n) is 9.76. The monoisotopic (exact) mass is 442 g/mol. The number of unbranched alkanes of at least 4 members (excludes halogenated alkanes) is 12. The second kappa shape index (κ2) is 18.1. The molecule has 0 aliphatic carbocycles. The number of carbonyl (C=O) groups excluding carboxylic acids is 1. The molecule has 0 fully saturated rings. The molecule has 0 aromatic carbocycles. The summed E-state index contributed by atoms with van der Waals surface area (Å²) in [5.74, 6) is -1.68. The molecule has 0 rings (SSSR count). The normalized spacial score (nSPS) is 13.2. The van der Waals surface area contributed by atoms with Crippen LogP contribution in [0.5, 0.6) is 0 Å². The molecule has 0 aromatic heterocycles. The van der Waals surface area contributed by atoms with Crippen LogP contribution in [-0.2, 0) is 14.3 Å². The van der Waals surface area contributed by atoms with Crippen LogP contribution in [0.25, 0.3) is 0 Å². The van der Waals surface area contributed by atoms with Crippen molar-refractivity contribution in [2.75, 3.05) is 27.7 Å². The van der Waals surface area contributed by atoms with E-state index in [9.17, 15) is 14.7 Å². The molecule has 0 saturated carbocycles. The highest BCUT2D eigenvalue weighted by Gasteiger charge is 2.24. The fourth-order valence-corrected chi connectivity index (χ4v) is 3.68. The van der Waals surface area contributed by atoms with E-state index in [-0.39, 0.29) is 12.2 Å². The van der Waals surface area contributed by atoms with E-state index in [1.165, 1.54) is 64.2 Å². The lowest BCUT2D eigenvalue weighted by atomic mass is 10.0. The van der Waals surface area contributed by atoms with Gasteiger partial charge in [0.2, 0.25) is 0 Å². The van der Waals surface area contributed by atoms with Crippen LogP contribution in [0.2, 0.25) is 0 Å². The van der Waals surface area contributed by atoms with Crippen LogP contribution in [0.3, 0.4) is 0 Å². The van der Waals surface area contributed by atoms with Gasteiger partial charge in [-0.2, -0.15) is 0 Å². The molecule has 0 bridgehead atoms. The van der Waals surface area contributed by atoms with Gasteiger partial charge in [-0.15, -0.1) is 0 Å². The van der Waals surface area contributed by atoms with E-state index >= 15 is 0 Å². The molecular weight excluding hydrogens is 394 g/mol. The van der Waals surface area contributed by atoms with Crippen molar-refractivity contribution >= 4 is 11.9 Å². The summed E-state index contributed by atoms with van der Waals surface area (Å²) in [6.07, 6.45) is 16.9. The number of rotatable bonds is 20. The largest absolute Gasteiger partial charge is 0.512 e. The van der Waals surface area contributed by atoms with Gasteiger partial charge in [-0.3, -0.25) is 4.79 Å². The molecule has 1 unspecified atom stereocenters. The number of carbonyl (C=O) groups is 2. The van der Waals surface area contributed by atoms with Crippen LogP contribution in [0.1, 0.15) is 103 Å². The van der Waals surface area contributed by atoms with Gasteiger partial charge < -0.3 is 19.4 Å². The van der Waals surface area contributed by atoms with Gasteiger partial charge in [-0.1, -0.05) is 84.0 Å². The van der Waals surface area contributed by atoms with E-state index in [0.717, 1.165) is 25.3 Å². The minimum Gasteiger partial charge on any atom is -0.512 e. The summed E-state index contributed by atoms with van der Waals surface area (Å²) in [4.78, 5) is 23.0. The molecule has 2 N–H and O–H groups in total. The Bertz CT molecular complexity index is 511. The molecule has 31 heavy (non-hydrogen) atoms. The Balaban J connectivity index is 3.86. The molecule has 0 saturated heterocycles. The van der Waals surface area contributed by atoms with Gasteiger partial charge in [0.05, 0.1) is 39.4 Å². The Hall–Kier alpha value is -1.56. The Morgan fingerprint density at radius 1 is 0.806 bits per heavy atom. The smallest absolute Gasteiger partial charge is 0.334 e. The zero-order valence-corrected chi connectivity index (χ0v) is 20.5. The molecule has 0 amide bonds. The number of ether oxygens (including phenoxy) is 1. The summed E-state index contributed by atoms with van der Waals surface area (Å²) in [6, 6.07) is 0. The lowest BCUT2D eigenvalue weighted by Crippen LogP contribution is -2.43. The fraction of sp³-hybridized carbons (Fsp3) is 0.840. The Kier molecular flexibility index (Phi) is 17.1. The molecule has 0 aliphatic rings. The van der Waals surface area contributed by atoms with Gasteiger partial charge in [0.25, 0.3) is 0 Å². The van der Waals surface area contributed by atoms with Crippen molar-refractivity contribution in [3.05, 3.63) is 11.8 Å². The maximum Gasteiger partial charge on any atom is 0.334 e. The molecule has 1 atom stereocenters. The SMILES string of the molecule is CCCCCCCCCCCCCCCC(O)=CC(=O)OC(CC(=O)O)C[N+](C)(C)C. The van der Waals surface area contributed by atoms with Crippen LogP contribution in [-0.4, -0.2) is 60.4 Å². The first-order chi connectivity index (χ1) is 14.6. The van der Waals surface area contributed by atoms with Crippen molar-refractivity contribution in [1.82, 2.24) is 0 Å². The van der Waals surface area contributed by atoms with Crippen molar-refractivity contribution in [2.24, 2.45) is 0 Å². The number of carboxylic acids is 1.